The van der Waals surface area contributed by atoms with Gasteiger partial charge in [0.15, 0.2) is 0 Å². The van der Waals surface area contributed by atoms with Crippen LogP contribution >= 0.6 is 0 Å². The van der Waals surface area contributed by atoms with Crippen molar-refractivity contribution in [3.63, 3.8) is 0 Å². The van der Waals surface area contributed by atoms with Gasteiger partial charge in [-0.15, -0.1) is 0 Å². The Labute approximate surface area is 132 Å². The molecule has 2 aliphatic rings. The number of carbonyl (C=O) groups is 2. The van der Waals surface area contributed by atoms with Crippen molar-refractivity contribution in [2.75, 3.05) is 39.3 Å². The number of nitrogens with zero attached hydrogens (tertiary/aromatic N) is 2. The highest BCUT2D eigenvalue weighted by atomic mass is 16.6. The molecule has 0 spiro atoms. The molecule has 0 bridgehead atoms. The zero-order valence-corrected chi connectivity index (χ0v) is 13.4. The first-order valence-corrected chi connectivity index (χ1v) is 8.21. The van der Waals surface area contributed by atoms with Crippen molar-refractivity contribution in [1.82, 2.24) is 15.1 Å². The van der Waals surface area contributed by atoms with E-state index in [1.165, 1.54) is 0 Å². The van der Waals surface area contributed by atoms with Gasteiger partial charge in [0.05, 0.1) is 0 Å². The molecule has 2 heterocycles. The van der Waals surface area contributed by atoms with E-state index in [-0.39, 0.29) is 24.1 Å². The van der Waals surface area contributed by atoms with Crippen LogP contribution in [0.3, 0.4) is 0 Å². The average Bonchev–Trinajstić information content (AvgIpc) is 2.49. The number of amides is 2. The first-order chi connectivity index (χ1) is 10.5. The van der Waals surface area contributed by atoms with Crippen LogP contribution < -0.4 is 11.1 Å². The molecule has 2 rings (SSSR count). The molecule has 126 valence electrons. The van der Waals surface area contributed by atoms with E-state index in [2.05, 4.69) is 10.2 Å². The average molecular weight is 312 g/mol. The van der Waals surface area contributed by atoms with E-state index in [0.717, 1.165) is 45.3 Å². The number of nitrogens with two attached hydrogens (primary N) is 1. The summed E-state index contributed by atoms with van der Waals surface area (Å²) in [6.45, 7) is 5.99. The smallest absolute Gasteiger partial charge is 0.409 e. The Morgan fingerprint density at radius 3 is 2.36 bits per heavy atom. The van der Waals surface area contributed by atoms with E-state index in [1.54, 1.807) is 11.8 Å². The van der Waals surface area contributed by atoms with Gasteiger partial charge in [0.1, 0.15) is 6.61 Å². The second-order valence-corrected chi connectivity index (χ2v) is 6.26. The van der Waals surface area contributed by atoms with Gasteiger partial charge in [0.25, 0.3) is 0 Å². The van der Waals surface area contributed by atoms with Crippen molar-refractivity contribution in [1.29, 1.82) is 0 Å². The van der Waals surface area contributed by atoms with Crippen LogP contribution in [0.2, 0.25) is 0 Å². The molecule has 0 aromatic heterocycles. The third-order valence-electron chi connectivity index (χ3n) is 4.43. The lowest BCUT2D eigenvalue weighted by molar-refractivity contribution is -0.120. The van der Waals surface area contributed by atoms with Gasteiger partial charge in [-0.2, -0.15) is 0 Å². The van der Waals surface area contributed by atoms with Gasteiger partial charge in [-0.1, -0.05) is 0 Å². The molecule has 0 saturated carbocycles. The summed E-state index contributed by atoms with van der Waals surface area (Å²) in [6, 6.07) is 0.503. The molecule has 2 fully saturated rings. The summed E-state index contributed by atoms with van der Waals surface area (Å²) >= 11 is 0. The Balaban J connectivity index is 1.57. The fraction of sp³-hybridized carbons (Fsp3) is 0.867. The van der Waals surface area contributed by atoms with Crippen LogP contribution in [0.15, 0.2) is 0 Å². The molecule has 2 saturated heterocycles. The quantitative estimate of drug-likeness (QED) is 0.771. The third kappa shape index (κ3) is 5.46. The fourth-order valence-electron chi connectivity index (χ4n) is 3.02. The van der Waals surface area contributed by atoms with Crippen molar-refractivity contribution in [2.24, 2.45) is 5.73 Å². The topological polar surface area (TPSA) is 87.9 Å². The summed E-state index contributed by atoms with van der Waals surface area (Å²) in [7, 11) is 0. The van der Waals surface area contributed by atoms with Crippen molar-refractivity contribution in [3.05, 3.63) is 0 Å². The standard InChI is InChI=1S/C15H28N4O3/c1-12(20)17-14-4-6-18(7-5-14)10-11-22-15(21)19-8-2-13(16)3-9-19/h13-14H,2-11,16H2,1H3,(H,17,20). The van der Waals surface area contributed by atoms with Crippen molar-refractivity contribution in [2.45, 2.75) is 44.7 Å². The Morgan fingerprint density at radius 1 is 1.14 bits per heavy atom. The highest BCUT2D eigenvalue weighted by molar-refractivity contribution is 5.73. The lowest BCUT2D eigenvalue weighted by atomic mass is 10.1. The minimum Gasteiger partial charge on any atom is -0.448 e. The minimum absolute atomic E-state index is 0.0358. The van der Waals surface area contributed by atoms with E-state index in [1.807, 2.05) is 0 Å². The third-order valence-corrected chi connectivity index (χ3v) is 4.43. The zero-order chi connectivity index (χ0) is 15.9. The number of hydrogen-bond acceptors (Lipinski definition) is 5. The van der Waals surface area contributed by atoms with E-state index in [4.69, 9.17) is 10.5 Å². The normalized spacial score (nSPS) is 21.6. The first-order valence-electron chi connectivity index (χ1n) is 8.21. The summed E-state index contributed by atoms with van der Waals surface area (Å²) in [5, 5.41) is 2.96. The summed E-state index contributed by atoms with van der Waals surface area (Å²) in [5.74, 6) is 0.0358. The van der Waals surface area contributed by atoms with E-state index in [9.17, 15) is 9.59 Å². The maximum Gasteiger partial charge on any atom is 0.409 e. The predicted molar refractivity (Wildman–Crippen MR) is 83.4 cm³/mol. The molecule has 2 aliphatic heterocycles. The number of ether oxygens (including phenoxy) is 1. The molecule has 0 radical (unpaired) electrons. The molecular weight excluding hydrogens is 284 g/mol. The summed E-state index contributed by atoms with van der Waals surface area (Å²) in [5.41, 5.74) is 5.82. The molecule has 0 unspecified atom stereocenters. The van der Waals surface area contributed by atoms with Gasteiger partial charge in [-0.25, -0.2) is 4.79 Å². The van der Waals surface area contributed by atoms with E-state index in [0.29, 0.717) is 19.7 Å². The zero-order valence-electron chi connectivity index (χ0n) is 13.4. The Morgan fingerprint density at radius 2 is 1.77 bits per heavy atom. The Kier molecular flexibility index (Phi) is 6.45. The number of rotatable bonds is 4. The van der Waals surface area contributed by atoms with Gasteiger partial charge >= 0.3 is 6.09 Å². The molecule has 7 nitrogen and oxygen atoms in total. The monoisotopic (exact) mass is 312 g/mol. The molecule has 0 atom stereocenters. The second-order valence-electron chi connectivity index (χ2n) is 6.26. The van der Waals surface area contributed by atoms with Gasteiger partial charge in [0, 0.05) is 51.7 Å². The molecule has 3 N–H and O–H groups in total. The molecule has 0 aromatic rings. The lowest BCUT2D eigenvalue weighted by Crippen LogP contribution is -2.46. The predicted octanol–water partition coefficient (Wildman–Crippen LogP) is 0.147. The van der Waals surface area contributed by atoms with Crippen molar-refractivity contribution >= 4 is 12.0 Å². The molecular formula is C15H28N4O3. The number of hydrogen-bond donors (Lipinski definition) is 2. The minimum atomic E-state index is -0.222. The second kappa shape index (κ2) is 8.33. The largest absolute Gasteiger partial charge is 0.448 e. The fourth-order valence-corrected chi connectivity index (χ4v) is 3.02. The molecule has 2 amide bonds. The van der Waals surface area contributed by atoms with Crippen LogP contribution in [-0.2, 0) is 9.53 Å². The van der Waals surface area contributed by atoms with Crippen molar-refractivity contribution in [3.8, 4) is 0 Å². The molecule has 0 aromatic carbocycles. The van der Waals surface area contributed by atoms with Gasteiger partial charge in [-0.3, -0.25) is 9.69 Å². The summed E-state index contributed by atoms with van der Waals surface area (Å²) in [4.78, 5) is 27.0. The Bertz CT molecular complexity index is 375. The lowest BCUT2D eigenvalue weighted by Gasteiger charge is -2.32. The molecule has 22 heavy (non-hydrogen) atoms. The maximum absolute atomic E-state index is 11.9. The van der Waals surface area contributed by atoms with Gasteiger partial charge in [-0.05, 0) is 25.7 Å². The number of carbonyl (C=O) groups excluding carboxylic acids is 2. The van der Waals surface area contributed by atoms with E-state index < -0.39 is 0 Å². The summed E-state index contributed by atoms with van der Waals surface area (Å²) in [6.07, 6.45) is 3.40. The van der Waals surface area contributed by atoms with Gasteiger partial charge < -0.3 is 20.7 Å². The van der Waals surface area contributed by atoms with Crippen LogP contribution in [0.5, 0.6) is 0 Å². The maximum atomic E-state index is 11.9. The summed E-state index contributed by atoms with van der Waals surface area (Å²) < 4.78 is 5.35. The SMILES string of the molecule is CC(=O)NC1CCN(CCOC(=O)N2CCC(N)CC2)CC1. The van der Waals surface area contributed by atoms with Crippen LogP contribution in [0.25, 0.3) is 0 Å². The number of nitrogens with one attached hydrogen (secondary N) is 1. The van der Waals surface area contributed by atoms with Crippen LogP contribution in [0, 0.1) is 0 Å². The number of likely N-dealkylation sites (tertiary alicyclic amines) is 2. The molecule has 7 heteroatoms. The highest BCUT2D eigenvalue weighted by Gasteiger charge is 2.23. The first kappa shape index (κ1) is 17.0. The van der Waals surface area contributed by atoms with Crippen molar-refractivity contribution < 1.29 is 14.3 Å². The van der Waals surface area contributed by atoms with Gasteiger partial charge in [0.2, 0.25) is 5.91 Å². The van der Waals surface area contributed by atoms with E-state index >= 15 is 0 Å². The molecule has 0 aliphatic carbocycles. The number of piperidine rings is 2. The van der Waals surface area contributed by atoms with Crippen LogP contribution in [0.4, 0.5) is 4.79 Å². The highest BCUT2D eigenvalue weighted by Crippen LogP contribution is 2.11. The Hall–Kier alpha value is -1.34. The van der Waals surface area contributed by atoms with Crippen LogP contribution in [0.1, 0.15) is 32.6 Å². The van der Waals surface area contributed by atoms with Crippen LogP contribution in [-0.4, -0.2) is 73.2 Å².